The van der Waals surface area contributed by atoms with Gasteiger partial charge in [-0.15, -0.1) is 0 Å². The first kappa shape index (κ1) is 15.8. The van der Waals surface area contributed by atoms with Crippen LogP contribution in [0.4, 0.5) is 13.2 Å². The average molecular weight is 314 g/mol. The van der Waals surface area contributed by atoms with Gasteiger partial charge in [0.15, 0.2) is 5.69 Å². The van der Waals surface area contributed by atoms with Gasteiger partial charge >= 0.3 is 6.18 Å². The molecular weight excluding hydrogens is 301 g/mol. The molecular formula is C13H13F3N4O2. The highest BCUT2D eigenvalue weighted by Gasteiger charge is 2.32. The molecule has 1 aromatic heterocycles. The third-order valence-electron chi connectivity index (χ3n) is 2.81. The lowest BCUT2D eigenvalue weighted by atomic mass is 10.0. The Hall–Kier alpha value is -2.58. The molecule has 0 bridgehead atoms. The second-order valence-electron chi connectivity index (χ2n) is 4.44. The zero-order chi connectivity index (χ0) is 16.3. The van der Waals surface area contributed by atoms with E-state index in [0.29, 0.717) is 13.0 Å². The van der Waals surface area contributed by atoms with Crippen LogP contribution in [0.2, 0.25) is 0 Å². The summed E-state index contributed by atoms with van der Waals surface area (Å²) in [7, 11) is 0. The maximum Gasteiger partial charge on any atom is 0.416 e. The maximum absolute atomic E-state index is 12.9. The molecule has 2 aromatic rings. The zero-order valence-electron chi connectivity index (χ0n) is 11.6. The summed E-state index contributed by atoms with van der Waals surface area (Å²) in [4.78, 5) is 11.3. The van der Waals surface area contributed by atoms with Crippen molar-refractivity contribution in [3.8, 4) is 17.0 Å². The molecule has 9 heteroatoms. The number of carbonyl (C=O) groups is 1. The van der Waals surface area contributed by atoms with Gasteiger partial charge in [-0.3, -0.25) is 4.79 Å². The summed E-state index contributed by atoms with van der Waals surface area (Å²) in [5, 5.41) is 9.46. The van der Waals surface area contributed by atoms with E-state index in [1.54, 1.807) is 0 Å². The van der Waals surface area contributed by atoms with Crippen LogP contribution in [0.5, 0.6) is 5.75 Å². The normalized spacial score (nSPS) is 11.5. The highest BCUT2D eigenvalue weighted by atomic mass is 19.4. The summed E-state index contributed by atoms with van der Waals surface area (Å²) in [6, 6.07) is 2.95. The molecule has 0 saturated carbocycles. The monoisotopic (exact) mass is 314 g/mol. The topological polar surface area (TPSA) is 93.9 Å². The van der Waals surface area contributed by atoms with Crippen molar-refractivity contribution in [2.75, 3.05) is 6.61 Å². The quantitative estimate of drug-likeness (QED) is 0.886. The van der Waals surface area contributed by atoms with Crippen molar-refractivity contribution in [2.45, 2.75) is 19.5 Å². The van der Waals surface area contributed by atoms with Gasteiger partial charge in [-0.2, -0.15) is 28.6 Å². The molecule has 1 aromatic carbocycles. The number of aromatic nitrogens is 3. The molecule has 3 N–H and O–H groups in total. The first-order chi connectivity index (χ1) is 10.3. The Balaban J connectivity index is 2.58. The minimum Gasteiger partial charge on any atom is -0.493 e. The molecule has 0 aliphatic rings. The first-order valence-corrected chi connectivity index (χ1v) is 6.39. The van der Waals surface area contributed by atoms with Gasteiger partial charge in [-0.05, 0) is 24.6 Å². The smallest absolute Gasteiger partial charge is 0.416 e. The van der Waals surface area contributed by atoms with E-state index >= 15 is 0 Å². The van der Waals surface area contributed by atoms with Gasteiger partial charge in [-0.25, -0.2) is 0 Å². The molecule has 0 radical (unpaired) electrons. The molecule has 22 heavy (non-hydrogen) atoms. The summed E-state index contributed by atoms with van der Waals surface area (Å²) in [5.74, 6) is -0.728. The molecule has 0 aliphatic heterocycles. The molecule has 118 valence electrons. The van der Waals surface area contributed by atoms with E-state index in [1.165, 1.54) is 6.07 Å². The van der Waals surface area contributed by atoms with E-state index in [-0.39, 0.29) is 22.7 Å². The van der Waals surface area contributed by atoms with E-state index < -0.39 is 17.6 Å². The number of hydrogen-bond acceptors (Lipinski definition) is 4. The Bertz CT molecular complexity index is 682. The first-order valence-electron chi connectivity index (χ1n) is 6.39. The van der Waals surface area contributed by atoms with Gasteiger partial charge in [0.1, 0.15) is 11.4 Å². The van der Waals surface area contributed by atoms with E-state index in [2.05, 4.69) is 15.4 Å². The van der Waals surface area contributed by atoms with Crippen molar-refractivity contribution in [1.29, 1.82) is 0 Å². The highest BCUT2D eigenvalue weighted by Crippen LogP contribution is 2.37. The second-order valence-corrected chi connectivity index (χ2v) is 4.44. The Kier molecular flexibility index (Phi) is 4.34. The molecule has 0 fully saturated rings. The Morgan fingerprint density at radius 2 is 2.09 bits per heavy atom. The molecule has 0 aliphatic carbocycles. The van der Waals surface area contributed by atoms with E-state index in [9.17, 15) is 18.0 Å². The Labute approximate surface area is 123 Å². The lowest BCUT2D eigenvalue weighted by Crippen LogP contribution is -2.13. The van der Waals surface area contributed by atoms with Crippen molar-refractivity contribution in [2.24, 2.45) is 5.73 Å². The summed E-state index contributed by atoms with van der Waals surface area (Å²) in [5.41, 5.74) is 3.94. The number of aromatic amines is 1. The third-order valence-corrected chi connectivity index (χ3v) is 2.81. The molecule has 0 unspecified atom stereocenters. The van der Waals surface area contributed by atoms with Crippen LogP contribution < -0.4 is 10.5 Å². The predicted octanol–water partition coefficient (Wildman–Crippen LogP) is 2.38. The van der Waals surface area contributed by atoms with Crippen LogP contribution in [-0.4, -0.2) is 27.9 Å². The number of nitrogens with one attached hydrogen (secondary N) is 1. The summed E-state index contributed by atoms with van der Waals surface area (Å²) < 4.78 is 44.0. The molecule has 1 amide bonds. The number of primary amides is 1. The van der Waals surface area contributed by atoms with Crippen molar-refractivity contribution in [3.05, 3.63) is 29.5 Å². The summed E-state index contributed by atoms with van der Waals surface area (Å²) >= 11 is 0. The molecule has 1 heterocycles. The van der Waals surface area contributed by atoms with Crippen LogP contribution in [0, 0.1) is 0 Å². The average Bonchev–Trinajstić information content (AvgIpc) is 2.93. The number of nitrogens with zero attached hydrogens (tertiary/aromatic N) is 2. The van der Waals surface area contributed by atoms with Crippen LogP contribution in [0.1, 0.15) is 29.4 Å². The highest BCUT2D eigenvalue weighted by molar-refractivity contribution is 5.97. The number of halogens is 3. The molecule has 0 spiro atoms. The van der Waals surface area contributed by atoms with Gasteiger partial charge in [0.2, 0.25) is 0 Å². The van der Waals surface area contributed by atoms with Crippen LogP contribution in [-0.2, 0) is 6.18 Å². The standard InChI is InChI=1S/C13H13F3N4O2/c1-2-5-22-9-4-3-7(13(14,15)16)6-8(9)10-11(12(17)21)19-20-18-10/h3-4,6H,2,5H2,1H3,(H2,17,21)(H,18,19,20). The molecule has 6 nitrogen and oxygen atoms in total. The fraction of sp³-hybridized carbons (Fsp3) is 0.308. The van der Waals surface area contributed by atoms with E-state index in [0.717, 1.165) is 12.1 Å². The zero-order valence-corrected chi connectivity index (χ0v) is 11.6. The number of benzene rings is 1. The molecule has 0 atom stereocenters. The van der Waals surface area contributed by atoms with E-state index in [1.807, 2.05) is 6.92 Å². The number of ether oxygens (including phenoxy) is 1. The maximum atomic E-state index is 12.9. The third kappa shape index (κ3) is 3.18. The second kappa shape index (κ2) is 6.04. The number of nitrogens with two attached hydrogens (primary N) is 1. The van der Waals surface area contributed by atoms with Gasteiger partial charge in [0, 0.05) is 5.56 Å². The minimum absolute atomic E-state index is 0.00539. The number of hydrogen-bond donors (Lipinski definition) is 2. The number of amides is 1. The lowest BCUT2D eigenvalue weighted by Gasteiger charge is -2.13. The number of H-pyrrole nitrogens is 1. The van der Waals surface area contributed by atoms with E-state index in [4.69, 9.17) is 10.5 Å². The number of alkyl halides is 3. The summed E-state index contributed by atoms with van der Waals surface area (Å²) in [6.45, 7) is 2.16. The van der Waals surface area contributed by atoms with Gasteiger partial charge in [0.25, 0.3) is 5.91 Å². The van der Waals surface area contributed by atoms with Crippen molar-refractivity contribution in [1.82, 2.24) is 15.4 Å². The Morgan fingerprint density at radius 3 is 2.68 bits per heavy atom. The number of rotatable bonds is 5. The largest absolute Gasteiger partial charge is 0.493 e. The number of carbonyl (C=O) groups excluding carboxylic acids is 1. The predicted molar refractivity (Wildman–Crippen MR) is 71.1 cm³/mol. The van der Waals surface area contributed by atoms with Gasteiger partial charge in [0.05, 0.1) is 12.2 Å². The Morgan fingerprint density at radius 1 is 1.36 bits per heavy atom. The van der Waals surface area contributed by atoms with Crippen molar-refractivity contribution in [3.63, 3.8) is 0 Å². The van der Waals surface area contributed by atoms with Gasteiger partial charge < -0.3 is 10.5 Å². The minimum atomic E-state index is -4.53. The SMILES string of the molecule is CCCOc1ccc(C(F)(F)F)cc1-c1n[nH]nc1C(N)=O. The molecule has 2 rings (SSSR count). The van der Waals surface area contributed by atoms with Crippen LogP contribution in [0.25, 0.3) is 11.3 Å². The molecule has 0 saturated heterocycles. The van der Waals surface area contributed by atoms with Crippen molar-refractivity contribution < 1.29 is 22.7 Å². The summed E-state index contributed by atoms with van der Waals surface area (Å²) in [6.07, 6.45) is -3.86. The van der Waals surface area contributed by atoms with Crippen LogP contribution in [0.3, 0.4) is 0 Å². The van der Waals surface area contributed by atoms with Crippen LogP contribution in [0.15, 0.2) is 18.2 Å². The fourth-order valence-electron chi connectivity index (χ4n) is 1.82. The van der Waals surface area contributed by atoms with Gasteiger partial charge in [-0.1, -0.05) is 6.92 Å². The van der Waals surface area contributed by atoms with Crippen LogP contribution >= 0.6 is 0 Å². The van der Waals surface area contributed by atoms with Crippen molar-refractivity contribution >= 4 is 5.91 Å². The lowest BCUT2D eigenvalue weighted by molar-refractivity contribution is -0.137. The fourth-order valence-corrected chi connectivity index (χ4v) is 1.82.